The van der Waals surface area contributed by atoms with Crippen LogP contribution in [0.5, 0.6) is 0 Å². The van der Waals surface area contributed by atoms with E-state index < -0.39 is 6.10 Å². The Morgan fingerprint density at radius 3 is 2.81 bits per heavy atom. The summed E-state index contributed by atoms with van der Waals surface area (Å²) >= 11 is 12.1. The molecule has 1 N–H and O–H groups in total. The van der Waals surface area contributed by atoms with Crippen molar-refractivity contribution in [3.05, 3.63) is 70.7 Å². The van der Waals surface area contributed by atoms with Crippen molar-refractivity contribution in [3.63, 3.8) is 0 Å². The van der Waals surface area contributed by atoms with E-state index in [1.54, 1.807) is 12.4 Å². The Morgan fingerprint density at radius 2 is 2.00 bits per heavy atom. The predicted molar refractivity (Wildman–Crippen MR) is 105 cm³/mol. The lowest BCUT2D eigenvalue weighted by molar-refractivity contribution is -0.137. The smallest absolute Gasteiger partial charge is 0.249 e. The molecule has 0 spiro atoms. The minimum Gasteiger partial charge on any atom is -0.366 e. The van der Waals surface area contributed by atoms with Crippen LogP contribution in [0.3, 0.4) is 0 Å². The summed E-state index contributed by atoms with van der Waals surface area (Å²) in [6.07, 6.45) is 3.62. The lowest BCUT2D eigenvalue weighted by Crippen LogP contribution is -2.45. The molecule has 1 atom stereocenters. The van der Waals surface area contributed by atoms with Gasteiger partial charge in [-0.15, -0.1) is 0 Å². The van der Waals surface area contributed by atoms with Crippen LogP contribution in [0.15, 0.2) is 55.0 Å². The molecular weight excluding hydrogens is 385 g/mol. The molecule has 1 fully saturated rings. The van der Waals surface area contributed by atoms with Crippen molar-refractivity contribution in [2.45, 2.75) is 12.5 Å². The summed E-state index contributed by atoms with van der Waals surface area (Å²) in [5.41, 5.74) is 3.78. The van der Waals surface area contributed by atoms with Crippen LogP contribution < -0.4 is 5.32 Å². The van der Waals surface area contributed by atoms with Crippen LogP contribution in [0.25, 0.3) is 16.8 Å². The number of imidazole rings is 1. The van der Waals surface area contributed by atoms with E-state index in [0.29, 0.717) is 29.6 Å². The fourth-order valence-electron chi connectivity index (χ4n) is 3.04. The molecule has 0 aliphatic carbocycles. The summed E-state index contributed by atoms with van der Waals surface area (Å²) in [5, 5.41) is 3.86. The van der Waals surface area contributed by atoms with Gasteiger partial charge in [-0.25, -0.2) is 4.98 Å². The molecule has 1 aliphatic rings. The number of carbonyl (C=O) groups is 1. The number of hydrogen-bond donors (Lipinski definition) is 1. The lowest BCUT2D eigenvalue weighted by Gasteiger charge is -2.21. The number of carbonyl (C=O) groups excluding carboxylic acids is 1. The van der Waals surface area contributed by atoms with Crippen molar-refractivity contribution in [1.29, 1.82) is 0 Å². The highest BCUT2D eigenvalue weighted by Crippen LogP contribution is 2.29. The van der Waals surface area contributed by atoms with Gasteiger partial charge in [0.15, 0.2) is 0 Å². The number of halogens is 2. The highest BCUT2D eigenvalue weighted by molar-refractivity contribution is 6.42. The standard InChI is InChI=1S/C20H17Cl2N3O2/c21-17-5-4-14(9-18(17)22)13-2-1-3-16(8-13)25-11-15(24-12-25)10-19-20(26)23-6-7-27-19/h1-5,8-9,11-12,19H,6-7,10H2,(H,23,26). The third-order valence-electron chi connectivity index (χ3n) is 4.44. The van der Waals surface area contributed by atoms with Gasteiger partial charge in [0.05, 0.1) is 28.7 Å². The highest BCUT2D eigenvalue weighted by atomic mass is 35.5. The normalized spacial score (nSPS) is 17.0. The average Bonchev–Trinajstić information content (AvgIpc) is 3.15. The number of nitrogens with zero attached hydrogens (tertiary/aromatic N) is 2. The van der Waals surface area contributed by atoms with Crippen molar-refractivity contribution in [2.24, 2.45) is 0 Å². The van der Waals surface area contributed by atoms with E-state index in [9.17, 15) is 4.79 Å². The number of ether oxygens (including phenoxy) is 1. The first-order valence-electron chi connectivity index (χ1n) is 8.58. The van der Waals surface area contributed by atoms with Crippen LogP contribution in [0.2, 0.25) is 10.0 Å². The molecule has 1 aliphatic heterocycles. The van der Waals surface area contributed by atoms with Crippen molar-refractivity contribution in [2.75, 3.05) is 13.2 Å². The van der Waals surface area contributed by atoms with Crippen LogP contribution in [0.4, 0.5) is 0 Å². The predicted octanol–water partition coefficient (Wildman–Crippen LogP) is 3.90. The Hall–Kier alpha value is -2.34. The molecule has 5 nitrogen and oxygen atoms in total. The number of aromatic nitrogens is 2. The van der Waals surface area contributed by atoms with Crippen LogP contribution in [-0.2, 0) is 16.0 Å². The Bertz CT molecular complexity index is 987. The second-order valence-corrected chi connectivity index (χ2v) is 7.12. The molecule has 1 unspecified atom stereocenters. The minimum absolute atomic E-state index is 0.0857. The first-order chi connectivity index (χ1) is 13.1. The molecule has 1 amide bonds. The quantitative estimate of drug-likeness (QED) is 0.720. The highest BCUT2D eigenvalue weighted by Gasteiger charge is 2.23. The number of morpholine rings is 1. The molecule has 138 valence electrons. The van der Waals surface area contributed by atoms with Crippen LogP contribution in [-0.4, -0.2) is 34.7 Å². The van der Waals surface area contributed by atoms with Crippen molar-refractivity contribution in [1.82, 2.24) is 14.9 Å². The maximum absolute atomic E-state index is 11.8. The average molecular weight is 402 g/mol. The molecule has 0 radical (unpaired) electrons. The number of benzene rings is 2. The zero-order valence-electron chi connectivity index (χ0n) is 14.4. The van der Waals surface area contributed by atoms with Gasteiger partial charge in [-0.2, -0.15) is 0 Å². The SMILES string of the molecule is O=C1NCCOC1Cc1cn(-c2cccc(-c3ccc(Cl)c(Cl)c3)c2)cn1. The molecule has 3 aromatic rings. The van der Waals surface area contributed by atoms with Crippen LogP contribution in [0, 0.1) is 0 Å². The van der Waals surface area contributed by atoms with Crippen LogP contribution >= 0.6 is 23.2 Å². The van der Waals surface area contributed by atoms with E-state index in [4.69, 9.17) is 27.9 Å². The molecule has 2 aromatic carbocycles. The van der Waals surface area contributed by atoms with Gasteiger partial charge < -0.3 is 14.6 Å². The number of rotatable bonds is 4. The van der Waals surface area contributed by atoms with E-state index >= 15 is 0 Å². The van der Waals surface area contributed by atoms with Gasteiger partial charge in [0.2, 0.25) is 5.91 Å². The zero-order valence-corrected chi connectivity index (χ0v) is 15.9. The van der Waals surface area contributed by atoms with Gasteiger partial charge in [-0.05, 0) is 35.4 Å². The fourth-order valence-corrected chi connectivity index (χ4v) is 3.34. The van der Waals surface area contributed by atoms with Crippen molar-refractivity contribution >= 4 is 29.1 Å². The molecule has 0 saturated carbocycles. The summed E-state index contributed by atoms with van der Waals surface area (Å²) < 4.78 is 7.45. The Morgan fingerprint density at radius 1 is 1.15 bits per heavy atom. The molecule has 7 heteroatoms. The maximum Gasteiger partial charge on any atom is 0.249 e. The zero-order chi connectivity index (χ0) is 18.8. The molecule has 1 saturated heterocycles. The Labute approximate surface area is 166 Å². The Balaban J connectivity index is 1.56. The largest absolute Gasteiger partial charge is 0.366 e. The first-order valence-corrected chi connectivity index (χ1v) is 9.34. The van der Waals surface area contributed by atoms with Gasteiger partial charge in [0.25, 0.3) is 0 Å². The molecule has 27 heavy (non-hydrogen) atoms. The third kappa shape index (κ3) is 4.00. The van der Waals surface area contributed by atoms with E-state index in [1.807, 2.05) is 41.1 Å². The number of hydrogen-bond acceptors (Lipinski definition) is 3. The Kier molecular flexibility index (Phi) is 5.16. The summed E-state index contributed by atoms with van der Waals surface area (Å²) in [5.74, 6) is -0.0857. The molecule has 4 rings (SSSR count). The first kappa shape index (κ1) is 18.0. The van der Waals surface area contributed by atoms with E-state index in [2.05, 4.69) is 16.4 Å². The van der Waals surface area contributed by atoms with E-state index in [0.717, 1.165) is 22.5 Å². The van der Waals surface area contributed by atoms with Crippen molar-refractivity contribution < 1.29 is 9.53 Å². The maximum atomic E-state index is 11.8. The van der Waals surface area contributed by atoms with E-state index in [-0.39, 0.29) is 5.91 Å². The number of amides is 1. The summed E-state index contributed by atoms with van der Waals surface area (Å²) in [6, 6.07) is 13.6. The third-order valence-corrected chi connectivity index (χ3v) is 5.18. The van der Waals surface area contributed by atoms with Crippen LogP contribution in [0.1, 0.15) is 5.69 Å². The van der Waals surface area contributed by atoms with Gasteiger partial charge in [0.1, 0.15) is 6.10 Å². The monoisotopic (exact) mass is 401 g/mol. The minimum atomic E-state index is -0.482. The molecular formula is C20H17Cl2N3O2. The van der Waals surface area contributed by atoms with E-state index in [1.165, 1.54) is 0 Å². The lowest BCUT2D eigenvalue weighted by atomic mass is 10.1. The molecule has 0 bridgehead atoms. The fraction of sp³-hybridized carbons (Fsp3) is 0.200. The second kappa shape index (κ2) is 7.72. The summed E-state index contributed by atoms with van der Waals surface area (Å²) in [7, 11) is 0. The van der Waals surface area contributed by atoms with Crippen molar-refractivity contribution in [3.8, 4) is 16.8 Å². The topological polar surface area (TPSA) is 56.1 Å². The van der Waals surface area contributed by atoms with Gasteiger partial charge in [-0.3, -0.25) is 4.79 Å². The second-order valence-electron chi connectivity index (χ2n) is 6.31. The number of nitrogens with one attached hydrogen (secondary N) is 1. The summed E-state index contributed by atoms with van der Waals surface area (Å²) in [4.78, 5) is 16.3. The van der Waals surface area contributed by atoms with Gasteiger partial charge in [-0.1, -0.05) is 41.4 Å². The molecule has 2 heterocycles. The summed E-state index contributed by atoms with van der Waals surface area (Å²) in [6.45, 7) is 1.09. The molecule has 1 aromatic heterocycles. The van der Waals surface area contributed by atoms with Gasteiger partial charge >= 0.3 is 0 Å². The van der Waals surface area contributed by atoms with Gasteiger partial charge in [0, 0.05) is 24.8 Å².